The standard InChI is InChI=1S/C22H20F3N3O3/c1-30-18-4-2-3-16(13-18)20-26-19(27-31-20)14-9-11-28(12-10-14)21(29)15-5-7-17(8-6-15)22(23,24)25/h2-8,13-14H,9-12H2,1H3. The Morgan fingerprint density at radius 1 is 1.13 bits per heavy atom. The molecule has 0 radical (unpaired) electrons. The number of hydrogen-bond donors (Lipinski definition) is 0. The number of nitrogens with zero attached hydrogens (tertiary/aromatic N) is 3. The number of rotatable bonds is 4. The number of hydrogen-bond acceptors (Lipinski definition) is 5. The third-order valence-electron chi connectivity index (χ3n) is 5.36. The van der Waals surface area contributed by atoms with Crippen LogP contribution in [0, 0.1) is 0 Å². The van der Waals surface area contributed by atoms with E-state index < -0.39 is 11.7 Å². The number of alkyl halides is 3. The highest BCUT2D eigenvalue weighted by Gasteiger charge is 2.31. The number of piperidine rings is 1. The molecule has 6 nitrogen and oxygen atoms in total. The molecule has 1 fully saturated rings. The van der Waals surface area contributed by atoms with Gasteiger partial charge < -0.3 is 14.2 Å². The van der Waals surface area contributed by atoms with Gasteiger partial charge in [-0.15, -0.1) is 0 Å². The number of aromatic nitrogens is 2. The molecule has 1 aliphatic heterocycles. The van der Waals surface area contributed by atoms with Gasteiger partial charge in [0.05, 0.1) is 12.7 Å². The summed E-state index contributed by atoms with van der Waals surface area (Å²) in [7, 11) is 1.58. The monoisotopic (exact) mass is 431 g/mol. The van der Waals surface area contributed by atoms with Gasteiger partial charge in [-0.3, -0.25) is 4.79 Å². The Bertz CT molecular complexity index is 1060. The molecule has 0 atom stereocenters. The van der Waals surface area contributed by atoms with Crippen molar-refractivity contribution in [3.63, 3.8) is 0 Å². The van der Waals surface area contributed by atoms with E-state index in [0.29, 0.717) is 43.4 Å². The lowest BCUT2D eigenvalue weighted by atomic mass is 9.95. The summed E-state index contributed by atoms with van der Waals surface area (Å²) in [5.41, 5.74) is 0.228. The van der Waals surface area contributed by atoms with Crippen LogP contribution in [0.5, 0.6) is 5.75 Å². The van der Waals surface area contributed by atoms with Crippen LogP contribution in [-0.4, -0.2) is 41.1 Å². The highest BCUT2D eigenvalue weighted by Crippen LogP contribution is 2.31. The molecule has 3 aromatic rings. The lowest BCUT2D eigenvalue weighted by molar-refractivity contribution is -0.137. The van der Waals surface area contributed by atoms with Gasteiger partial charge >= 0.3 is 6.18 Å². The maximum Gasteiger partial charge on any atom is 0.416 e. The van der Waals surface area contributed by atoms with Gasteiger partial charge in [-0.1, -0.05) is 11.2 Å². The lowest BCUT2D eigenvalue weighted by Crippen LogP contribution is -2.38. The number of benzene rings is 2. The molecule has 1 amide bonds. The molecule has 0 N–H and O–H groups in total. The Labute approximate surface area is 176 Å². The van der Waals surface area contributed by atoms with E-state index in [2.05, 4.69) is 10.1 Å². The summed E-state index contributed by atoms with van der Waals surface area (Å²) in [6.07, 6.45) is -3.14. The van der Waals surface area contributed by atoms with E-state index in [1.165, 1.54) is 12.1 Å². The second kappa shape index (κ2) is 8.41. The molecule has 9 heteroatoms. The van der Waals surface area contributed by atoms with Gasteiger partial charge in [0.25, 0.3) is 11.8 Å². The maximum absolute atomic E-state index is 12.7. The highest BCUT2D eigenvalue weighted by molar-refractivity contribution is 5.94. The Hall–Kier alpha value is -3.36. The molecular formula is C22H20F3N3O3. The summed E-state index contributed by atoms with van der Waals surface area (Å²) in [6.45, 7) is 0.932. The van der Waals surface area contributed by atoms with Gasteiger partial charge in [-0.05, 0) is 55.3 Å². The lowest BCUT2D eigenvalue weighted by Gasteiger charge is -2.30. The number of amides is 1. The molecule has 162 valence electrons. The van der Waals surface area contributed by atoms with Crippen molar-refractivity contribution in [2.45, 2.75) is 24.9 Å². The Kier molecular flexibility index (Phi) is 5.67. The van der Waals surface area contributed by atoms with Crippen LogP contribution in [0.15, 0.2) is 53.1 Å². The van der Waals surface area contributed by atoms with Crippen molar-refractivity contribution in [2.75, 3.05) is 20.2 Å². The molecule has 2 aromatic carbocycles. The van der Waals surface area contributed by atoms with Crippen LogP contribution in [0.4, 0.5) is 13.2 Å². The fourth-order valence-corrected chi connectivity index (χ4v) is 3.60. The molecule has 1 aliphatic rings. The third-order valence-corrected chi connectivity index (χ3v) is 5.36. The fourth-order valence-electron chi connectivity index (χ4n) is 3.60. The van der Waals surface area contributed by atoms with Crippen LogP contribution in [0.25, 0.3) is 11.5 Å². The van der Waals surface area contributed by atoms with Crippen molar-refractivity contribution >= 4 is 5.91 Å². The molecule has 0 aliphatic carbocycles. The average Bonchev–Trinajstić information content (AvgIpc) is 3.29. The summed E-state index contributed by atoms with van der Waals surface area (Å²) in [5, 5.41) is 4.10. The first kappa shape index (κ1) is 20.9. The molecule has 0 saturated carbocycles. The van der Waals surface area contributed by atoms with Crippen LogP contribution in [0.2, 0.25) is 0 Å². The Morgan fingerprint density at radius 2 is 1.84 bits per heavy atom. The van der Waals surface area contributed by atoms with Crippen molar-refractivity contribution in [3.05, 3.63) is 65.5 Å². The van der Waals surface area contributed by atoms with Gasteiger partial charge in [0, 0.05) is 30.1 Å². The molecule has 0 unspecified atom stereocenters. The van der Waals surface area contributed by atoms with Crippen molar-refractivity contribution in [1.82, 2.24) is 15.0 Å². The number of likely N-dealkylation sites (tertiary alicyclic amines) is 1. The first-order valence-corrected chi connectivity index (χ1v) is 9.79. The molecule has 0 spiro atoms. The molecular weight excluding hydrogens is 411 g/mol. The Balaban J connectivity index is 1.38. The van der Waals surface area contributed by atoms with Crippen molar-refractivity contribution in [3.8, 4) is 17.2 Å². The van der Waals surface area contributed by atoms with Crippen LogP contribution in [0.1, 0.15) is 40.5 Å². The predicted octanol–water partition coefficient (Wildman–Crippen LogP) is 4.78. The second-order valence-corrected chi connectivity index (χ2v) is 7.33. The molecule has 1 saturated heterocycles. The van der Waals surface area contributed by atoms with Crippen molar-refractivity contribution < 1.29 is 27.2 Å². The summed E-state index contributed by atoms with van der Waals surface area (Å²) in [5.74, 6) is 1.43. The van der Waals surface area contributed by atoms with Crippen LogP contribution >= 0.6 is 0 Å². The number of carbonyl (C=O) groups is 1. The minimum absolute atomic E-state index is 0.0414. The zero-order chi connectivity index (χ0) is 22.0. The summed E-state index contributed by atoms with van der Waals surface area (Å²) in [4.78, 5) is 18.8. The second-order valence-electron chi connectivity index (χ2n) is 7.33. The predicted molar refractivity (Wildman–Crippen MR) is 106 cm³/mol. The van der Waals surface area contributed by atoms with Crippen LogP contribution < -0.4 is 4.74 Å². The van der Waals surface area contributed by atoms with Gasteiger partial charge in [-0.2, -0.15) is 18.2 Å². The van der Waals surface area contributed by atoms with E-state index in [1.807, 2.05) is 24.3 Å². The van der Waals surface area contributed by atoms with Gasteiger partial charge in [0.2, 0.25) is 0 Å². The highest BCUT2D eigenvalue weighted by atomic mass is 19.4. The zero-order valence-electron chi connectivity index (χ0n) is 16.7. The van der Waals surface area contributed by atoms with Crippen molar-refractivity contribution in [2.24, 2.45) is 0 Å². The number of ether oxygens (including phenoxy) is 1. The largest absolute Gasteiger partial charge is 0.497 e. The summed E-state index contributed by atoms with van der Waals surface area (Å²) in [6, 6.07) is 11.6. The van der Waals surface area contributed by atoms with E-state index >= 15 is 0 Å². The Morgan fingerprint density at radius 3 is 2.48 bits per heavy atom. The van der Waals surface area contributed by atoms with E-state index in [-0.39, 0.29) is 17.4 Å². The summed E-state index contributed by atoms with van der Waals surface area (Å²) >= 11 is 0. The smallest absolute Gasteiger partial charge is 0.416 e. The fraction of sp³-hybridized carbons (Fsp3) is 0.318. The molecule has 31 heavy (non-hydrogen) atoms. The minimum Gasteiger partial charge on any atom is -0.497 e. The van der Waals surface area contributed by atoms with Gasteiger partial charge in [0.15, 0.2) is 5.82 Å². The first-order chi connectivity index (χ1) is 14.8. The van der Waals surface area contributed by atoms with Crippen molar-refractivity contribution in [1.29, 1.82) is 0 Å². The third kappa shape index (κ3) is 4.55. The van der Waals surface area contributed by atoms with Gasteiger partial charge in [0.1, 0.15) is 5.75 Å². The van der Waals surface area contributed by atoms with E-state index in [9.17, 15) is 18.0 Å². The topological polar surface area (TPSA) is 68.5 Å². The average molecular weight is 431 g/mol. The first-order valence-electron chi connectivity index (χ1n) is 9.79. The molecule has 4 rings (SSSR count). The number of halogens is 3. The van der Waals surface area contributed by atoms with Gasteiger partial charge in [-0.25, -0.2) is 0 Å². The SMILES string of the molecule is COc1cccc(-c2nc(C3CCN(C(=O)c4ccc(C(F)(F)F)cc4)CC3)no2)c1. The molecule has 0 bridgehead atoms. The van der Waals surface area contributed by atoms with E-state index in [0.717, 1.165) is 17.7 Å². The normalized spacial score (nSPS) is 15.2. The van der Waals surface area contributed by atoms with Crippen LogP contribution in [0.3, 0.4) is 0 Å². The van der Waals surface area contributed by atoms with E-state index in [1.54, 1.807) is 12.0 Å². The maximum atomic E-state index is 12.7. The minimum atomic E-state index is -4.42. The van der Waals surface area contributed by atoms with Crippen LogP contribution in [-0.2, 0) is 6.18 Å². The zero-order valence-corrected chi connectivity index (χ0v) is 16.7. The molecule has 2 heterocycles. The number of carbonyl (C=O) groups excluding carboxylic acids is 1. The quantitative estimate of drug-likeness (QED) is 0.595. The number of methoxy groups -OCH3 is 1. The summed E-state index contributed by atoms with van der Waals surface area (Å²) < 4.78 is 48.7. The van der Waals surface area contributed by atoms with E-state index in [4.69, 9.17) is 9.26 Å². The molecule has 1 aromatic heterocycles.